The number of fused-ring (bicyclic) bond motifs is 5. The van der Waals surface area contributed by atoms with E-state index in [1.807, 2.05) is 0 Å². The molecule has 0 amide bonds. The van der Waals surface area contributed by atoms with Crippen LogP contribution in [0.3, 0.4) is 0 Å². The number of carbonyl (C=O) groups excluding carboxylic acids is 6. The van der Waals surface area contributed by atoms with E-state index in [1.165, 1.54) is 25.3 Å². The van der Waals surface area contributed by atoms with Crippen molar-refractivity contribution in [3.8, 4) is 0 Å². The standard InChI is InChI=1S/C31H37NO15/c1-12-13(2)27(39)46-26-22(44-15(4)34)24(38)30(11-43-14(3)33)25(45-16(5)35)21(36)19-18(47-31(30,23(19)37)29(26,6)41)10-42-28(40)17-8-7-9-32-20(12)17/h7-9,12-13,18-19,22-26,37-38,41H,10-11H2,1-6H3. The van der Waals surface area contributed by atoms with Gasteiger partial charge in [0.15, 0.2) is 24.1 Å². The zero-order valence-electron chi connectivity index (χ0n) is 26.5. The first-order valence-corrected chi connectivity index (χ1v) is 15.0. The minimum absolute atomic E-state index is 0.00915. The van der Waals surface area contributed by atoms with Gasteiger partial charge in [-0.05, 0) is 19.1 Å². The van der Waals surface area contributed by atoms with E-state index < -0.39 is 120 Å². The normalized spacial score (nSPS) is 41.1. The molecule has 1 spiro atoms. The fourth-order valence-corrected chi connectivity index (χ4v) is 7.76. The topological polar surface area (TPSA) is 231 Å². The van der Waals surface area contributed by atoms with Gasteiger partial charge in [0.1, 0.15) is 42.0 Å². The maximum absolute atomic E-state index is 14.3. The molecule has 3 heterocycles. The number of ether oxygens (including phenoxy) is 6. The number of aliphatic hydroxyl groups excluding tert-OH is 2. The summed E-state index contributed by atoms with van der Waals surface area (Å²) in [5.74, 6) is -9.45. The smallest absolute Gasteiger partial charge is 0.340 e. The molecule has 1 saturated heterocycles. The monoisotopic (exact) mass is 663 g/mol. The van der Waals surface area contributed by atoms with Gasteiger partial charge in [0, 0.05) is 32.9 Å². The van der Waals surface area contributed by atoms with Gasteiger partial charge in [-0.2, -0.15) is 0 Å². The summed E-state index contributed by atoms with van der Waals surface area (Å²) in [6.07, 6.45) is -10.6. The van der Waals surface area contributed by atoms with Gasteiger partial charge in [0.2, 0.25) is 0 Å². The Morgan fingerprint density at radius 3 is 2.28 bits per heavy atom. The highest BCUT2D eigenvalue weighted by atomic mass is 16.6. The molecule has 12 atom stereocenters. The van der Waals surface area contributed by atoms with Crippen LogP contribution in [-0.4, -0.2) is 117 Å². The summed E-state index contributed by atoms with van der Waals surface area (Å²) < 4.78 is 34.0. The minimum Gasteiger partial charge on any atom is -0.465 e. The van der Waals surface area contributed by atoms with Crippen LogP contribution < -0.4 is 0 Å². The number of nitrogens with zero attached hydrogens (tertiary/aromatic N) is 1. The van der Waals surface area contributed by atoms with Crippen LogP contribution >= 0.6 is 0 Å². The molecule has 0 aromatic carbocycles. The van der Waals surface area contributed by atoms with E-state index >= 15 is 0 Å². The third-order valence-electron chi connectivity index (χ3n) is 10.0. The van der Waals surface area contributed by atoms with Gasteiger partial charge in [0.25, 0.3) is 0 Å². The molecule has 16 nitrogen and oxygen atoms in total. The van der Waals surface area contributed by atoms with Gasteiger partial charge in [-0.15, -0.1) is 0 Å². The molecule has 47 heavy (non-hydrogen) atoms. The molecule has 1 aromatic rings. The van der Waals surface area contributed by atoms with E-state index in [9.17, 15) is 44.1 Å². The van der Waals surface area contributed by atoms with Crippen molar-refractivity contribution in [2.75, 3.05) is 13.2 Å². The Morgan fingerprint density at radius 1 is 1.00 bits per heavy atom. The average Bonchev–Trinajstić information content (AvgIpc) is 3.26. The molecule has 4 aliphatic rings. The number of pyridine rings is 1. The van der Waals surface area contributed by atoms with Crippen molar-refractivity contribution in [3.05, 3.63) is 29.6 Å². The van der Waals surface area contributed by atoms with Crippen LogP contribution in [0.15, 0.2) is 18.3 Å². The van der Waals surface area contributed by atoms with Gasteiger partial charge in [0.05, 0.1) is 29.2 Å². The molecule has 0 radical (unpaired) electrons. The van der Waals surface area contributed by atoms with Crippen LogP contribution in [0.4, 0.5) is 0 Å². The zero-order chi connectivity index (χ0) is 34.8. The predicted octanol–water partition coefficient (Wildman–Crippen LogP) is -0.861. The Bertz CT molecular complexity index is 1510. The molecule has 256 valence electrons. The second-order valence-corrected chi connectivity index (χ2v) is 12.7. The molecule has 2 aliphatic carbocycles. The first-order chi connectivity index (χ1) is 21.9. The van der Waals surface area contributed by atoms with Crippen molar-refractivity contribution in [2.24, 2.45) is 17.3 Å². The van der Waals surface area contributed by atoms with Crippen molar-refractivity contribution >= 4 is 35.6 Å². The highest BCUT2D eigenvalue weighted by molar-refractivity contribution is 5.93. The highest BCUT2D eigenvalue weighted by Crippen LogP contribution is 2.65. The summed E-state index contributed by atoms with van der Waals surface area (Å²) in [5.41, 5.74) is -7.80. The SMILES string of the molecule is CC(=O)OCC12C(OC(C)=O)C(=O)C3C4COC(=O)c5cccnc5C(C)C(C)C(=O)OC(C(OC(C)=O)C1O)C(C)(O)C2(O4)C3O. The summed E-state index contributed by atoms with van der Waals surface area (Å²) in [4.78, 5) is 82.9. The van der Waals surface area contributed by atoms with E-state index in [4.69, 9.17) is 28.4 Å². The molecule has 2 aliphatic heterocycles. The van der Waals surface area contributed by atoms with Crippen LogP contribution in [0.5, 0.6) is 0 Å². The number of rotatable bonds is 4. The molecule has 12 unspecified atom stereocenters. The first-order valence-electron chi connectivity index (χ1n) is 15.0. The summed E-state index contributed by atoms with van der Waals surface area (Å²) in [6.45, 7) is 5.34. The van der Waals surface area contributed by atoms with Crippen molar-refractivity contribution in [1.29, 1.82) is 0 Å². The highest BCUT2D eigenvalue weighted by Gasteiger charge is 2.88. The average molecular weight is 664 g/mol. The summed E-state index contributed by atoms with van der Waals surface area (Å²) in [5, 5.41) is 36.9. The molecule has 1 aromatic heterocycles. The molecular weight excluding hydrogens is 626 g/mol. The fraction of sp³-hybridized carbons (Fsp3) is 0.645. The minimum atomic E-state index is -2.71. The number of hydrogen-bond acceptors (Lipinski definition) is 16. The summed E-state index contributed by atoms with van der Waals surface area (Å²) in [7, 11) is 0. The van der Waals surface area contributed by atoms with Crippen LogP contribution in [0.1, 0.15) is 63.5 Å². The van der Waals surface area contributed by atoms with Crippen LogP contribution in [0.25, 0.3) is 0 Å². The van der Waals surface area contributed by atoms with Crippen molar-refractivity contribution in [3.63, 3.8) is 0 Å². The molecule has 4 bridgehead atoms. The second kappa shape index (κ2) is 11.9. The second-order valence-electron chi connectivity index (χ2n) is 12.7. The first kappa shape index (κ1) is 34.3. The van der Waals surface area contributed by atoms with Gasteiger partial charge in [-0.1, -0.05) is 13.8 Å². The van der Waals surface area contributed by atoms with Crippen molar-refractivity contribution in [2.45, 2.75) is 95.3 Å². The fourth-order valence-electron chi connectivity index (χ4n) is 7.76. The lowest BCUT2D eigenvalue weighted by molar-refractivity contribution is -0.371. The van der Waals surface area contributed by atoms with E-state index in [1.54, 1.807) is 6.92 Å². The maximum Gasteiger partial charge on any atom is 0.340 e. The Morgan fingerprint density at radius 2 is 1.66 bits per heavy atom. The number of Topliss-reactive ketones (excluding diaryl/α,β-unsaturated/α-hetero) is 1. The Hall–Kier alpha value is -3.99. The lowest BCUT2D eigenvalue weighted by atomic mass is 9.45. The summed E-state index contributed by atoms with van der Waals surface area (Å²) in [6, 6.07) is 2.90. The molecule has 3 N–H and O–H groups in total. The predicted molar refractivity (Wildman–Crippen MR) is 151 cm³/mol. The van der Waals surface area contributed by atoms with Crippen LogP contribution in [-0.2, 0) is 52.4 Å². The number of ketones is 1. The number of cyclic esters (lactones) is 1. The number of aliphatic hydroxyl groups is 3. The molecule has 5 rings (SSSR count). The Kier molecular flexibility index (Phi) is 8.71. The Balaban J connectivity index is 1.82. The van der Waals surface area contributed by atoms with E-state index in [2.05, 4.69) is 4.98 Å². The van der Waals surface area contributed by atoms with Crippen LogP contribution in [0.2, 0.25) is 0 Å². The van der Waals surface area contributed by atoms with Crippen LogP contribution in [0, 0.1) is 17.3 Å². The molecule has 3 fully saturated rings. The third kappa shape index (κ3) is 4.91. The molecule has 16 heteroatoms. The van der Waals surface area contributed by atoms with Gasteiger partial charge >= 0.3 is 29.8 Å². The van der Waals surface area contributed by atoms with Gasteiger partial charge in [-0.3, -0.25) is 29.0 Å². The zero-order valence-corrected chi connectivity index (χ0v) is 26.5. The van der Waals surface area contributed by atoms with E-state index in [-0.39, 0.29) is 11.3 Å². The molecule has 2 saturated carbocycles. The Labute approximate surface area is 268 Å². The maximum atomic E-state index is 14.3. The summed E-state index contributed by atoms with van der Waals surface area (Å²) >= 11 is 0. The lowest BCUT2D eigenvalue weighted by Gasteiger charge is -2.66. The van der Waals surface area contributed by atoms with Crippen molar-refractivity contribution in [1.82, 2.24) is 4.98 Å². The number of hydrogen-bond donors (Lipinski definition) is 3. The van der Waals surface area contributed by atoms with Crippen molar-refractivity contribution < 1.29 is 72.5 Å². The van der Waals surface area contributed by atoms with Gasteiger partial charge < -0.3 is 43.7 Å². The lowest BCUT2D eigenvalue weighted by Crippen LogP contribution is -2.88. The quantitative estimate of drug-likeness (QED) is 0.263. The third-order valence-corrected chi connectivity index (χ3v) is 10.0. The number of esters is 5. The van der Waals surface area contributed by atoms with Gasteiger partial charge in [-0.25, -0.2) is 4.79 Å². The van der Waals surface area contributed by atoms with E-state index in [0.29, 0.717) is 0 Å². The number of carbonyl (C=O) groups is 6. The number of aromatic nitrogens is 1. The van der Waals surface area contributed by atoms with E-state index in [0.717, 1.165) is 27.7 Å². The molecular formula is C31H37NO15. The largest absolute Gasteiger partial charge is 0.465 e.